The van der Waals surface area contributed by atoms with Crippen molar-refractivity contribution in [3.05, 3.63) is 35.9 Å². The van der Waals surface area contributed by atoms with Crippen LogP contribution in [-0.4, -0.2) is 20.0 Å². The van der Waals surface area contributed by atoms with Crippen LogP contribution < -0.4 is 11.1 Å². The Labute approximate surface area is 78.9 Å². The van der Waals surface area contributed by atoms with Crippen molar-refractivity contribution in [3.8, 4) is 0 Å². The number of primary amides is 1. The molecule has 0 atom stereocenters. The second-order valence-electron chi connectivity index (χ2n) is 2.63. The van der Waals surface area contributed by atoms with E-state index in [1.165, 1.54) is 0 Å². The van der Waals surface area contributed by atoms with Gasteiger partial charge in [-0.3, -0.25) is 4.79 Å². The third kappa shape index (κ3) is 7.03. The van der Waals surface area contributed by atoms with Gasteiger partial charge in [-0.2, -0.15) is 0 Å². The van der Waals surface area contributed by atoms with E-state index in [0.29, 0.717) is 6.42 Å². The molecule has 0 aromatic heterocycles. The van der Waals surface area contributed by atoms with Crippen LogP contribution in [0, 0.1) is 0 Å². The summed E-state index contributed by atoms with van der Waals surface area (Å²) in [4.78, 5) is 10.4. The number of hydrogen-bond donors (Lipinski definition) is 2. The van der Waals surface area contributed by atoms with E-state index < -0.39 is 0 Å². The lowest BCUT2D eigenvalue weighted by Crippen LogP contribution is -2.13. The lowest BCUT2D eigenvalue weighted by atomic mass is 10.1. The fourth-order valence-corrected chi connectivity index (χ4v) is 0.797. The topological polar surface area (TPSA) is 55.1 Å². The van der Waals surface area contributed by atoms with Crippen molar-refractivity contribution in [2.24, 2.45) is 5.73 Å². The molecule has 0 spiro atoms. The predicted molar refractivity (Wildman–Crippen MR) is 54.3 cm³/mol. The first-order chi connectivity index (χ1) is 6.20. The smallest absolute Gasteiger partial charge is 0.221 e. The maximum atomic E-state index is 10.4. The average molecular weight is 180 g/mol. The molecule has 0 saturated carbocycles. The van der Waals surface area contributed by atoms with E-state index in [0.717, 1.165) is 5.56 Å². The fourth-order valence-electron chi connectivity index (χ4n) is 0.797. The van der Waals surface area contributed by atoms with Gasteiger partial charge in [0.15, 0.2) is 0 Å². The highest BCUT2D eigenvalue weighted by Crippen LogP contribution is 1.97. The van der Waals surface area contributed by atoms with E-state index in [4.69, 9.17) is 5.73 Å². The highest BCUT2D eigenvalue weighted by molar-refractivity contribution is 5.76. The summed E-state index contributed by atoms with van der Waals surface area (Å²) in [6.07, 6.45) is 0.334. The molecule has 0 unspecified atom stereocenters. The summed E-state index contributed by atoms with van der Waals surface area (Å²) in [6.45, 7) is 0. The largest absolute Gasteiger partial charge is 0.369 e. The van der Waals surface area contributed by atoms with Crippen LogP contribution in [0.15, 0.2) is 30.3 Å². The summed E-state index contributed by atoms with van der Waals surface area (Å²) < 4.78 is 0. The Kier molecular flexibility index (Phi) is 6.55. The van der Waals surface area contributed by atoms with E-state index in [1.807, 2.05) is 44.4 Å². The van der Waals surface area contributed by atoms with Crippen LogP contribution >= 0.6 is 0 Å². The van der Waals surface area contributed by atoms with E-state index in [1.54, 1.807) is 0 Å². The molecule has 3 nitrogen and oxygen atoms in total. The van der Waals surface area contributed by atoms with Crippen molar-refractivity contribution in [3.63, 3.8) is 0 Å². The summed E-state index contributed by atoms with van der Waals surface area (Å²) in [5.41, 5.74) is 5.95. The van der Waals surface area contributed by atoms with Crippen molar-refractivity contribution >= 4 is 5.91 Å². The van der Waals surface area contributed by atoms with Crippen LogP contribution in [0.2, 0.25) is 0 Å². The van der Waals surface area contributed by atoms with Gasteiger partial charge in [0.05, 0.1) is 6.42 Å². The highest BCUT2D eigenvalue weighted by Gasteiger charge is 1.94. The molecule has 1 amide bonds. The summed E-state index contributed by atoms with van der Waals surface area (Å²) in [6, 6.07) is 9.44. The van der Waals surface area contributed by atoms with Crippen LogP contribution in [0.4, 0.5) is 0 Å². The van der Waals surface area contributed by atoms with Crippen LogP contribution in [0.25, 0.3) is 0 Å². The number of carbonyl (C=O) groups excluding carboxylic acids is 1. The molecule has 1 aromatic carbocycles. The first-order valence-corrected chi connectivity index (χ1v) is 4.11. The van der Waals surface area contributed by atoms with Gasteiger partial charge in [0.1, 0.15) is 0 Å². The van der Waals surface area contributed by atoms with Gasteiger partial charge in [0.2, 0.25) is 5.91 Å². The zero-order chi connectivity index (χ0) is 10.1. The molecule has 1 rings (SSSR count). The molecule has 13 heavy (non-hydrogen) atoms. The quantitative estimate of drug-likeness (QED) is 0.698. The zero-order valence-electron chi connectivity index (χ0n) is 8.08. The molecule has 1 aromatic rings. The summed E-state index contributed by atoms with van der Waals surface area (Å²) in [5.74, 6) is -0.286. The van der Waals surface area contributed by atoms with Crippen LogP contribution in [-0.2, 0) is 11.2 Å². The Morgan fingerprint density at radius 1 is 1.31 bits per heavy atom. The number of rotatable bonds is 2. The highest BCUT2D eigenvalue weighted by atomic mass is 16.1. The standard InChI is InChI=1S/C8H9NO.C2H7N/c9-8(10)6-7-4-2-1-3-5-7;1-3-2/h1-5H,6H2,(H2,9,10);3H,1-2H3. The maximum absolute atomic E-state index is 10.4. The summed E-state index contributed by atoms with van der Waals surface area (Å²) in [7, 11) is 3.75. The fraction of sp³-hybridized carbons (Fsp3) is 0.300. The minimum Gasteiger partial charge on any atom is -0.369 e. The first kappa shape index (κ1) is 11.6. The molecule has 0 fully saturated rings. The molecule has 0 aliphatic carbocycles. The number of amides is 1. The van der Waals surface area contributed by atoms with Crippen molar-refractivity contribution < 1.29 is 4.79 Å². The molecule has 72 valence electrons. The molecular formula is C10H16N2O. The molecule has 3 heteroatoms. The third-order valence-electron chi connectivity index (χ3n) is 1.22. The van der Waals surface area contributed by atoms with Crippen LogP contribution in [0.3, 0.4) is 0 Å². The molecule has 0 aliphatic rings. The number of hydrogen-bond acceptors (Lipinski definition) is 2. The lowest BCUT2D eigenvalue weighted by Gasteiger charge is -1.93. The Hall–Kier alpha value is -1.35. The molecule has 0 heterocycles. The minimum atomic E-state index is -0.286. The number of nitrogens with two attached hydrogens (primary N) is 1. The van der Waals surface area contributed by atoms with Gasteiger partial charge in [0, 0.05) is 0 Å². The van der Waals surface area contributed by atoms with Crippen molar-refractivity contribution in [1.82, 2.24) is 5.32 Å². The van der Waals surface area contributed by atoms with Crippen LogP contribution in [0.5, 0.6) is 0 Å². The van der Waals surface area contributed by atoms with Gasteiger partial charge in [-0.05, 0) is 19.7 Å². The molecule has 3 N–H and O–H groups in total. The first-order valence-electron chi connectivity index (χ1n) is 4.11. The Morgan fingerprint density at radius 3 is 2.15 bits per heavy atom. The van der Waals surface area contributed by atoms with Gasteiger partial charge in [-0.15, -0.1) is 0 Å². The monoisotopic (exact) mass is 180 g/mol. The maximum Gasteiger partial charge on any atom is 0.221 e. The summed E-state index contributed by atoms with van der Waals surface area (Å²) >= 11 is 0. The average Bonchev–Trinajstić information content (AvgIpc) is 2.06. The Morgan fingerprint density at radius 2 is 1.77 bits per heavy atom. The molecular weight excluding hydrogens is 164 g/mol. The second-order valence-corrected chi connectivity index (χ2v) is 2.63. The number of carbonyl (C=O) groups is 1. The normalized spacial score (nSPS) is 8.46. The third-order valence-corrected chi connectivity index (χ3v) is 1.22. The van der Waals surface area contributed by atoms with Gasteiger partial charge < -0.3 is 11.1 Å². The number of nitrogens with one attached hydrogen (secondary N) is 1. The van der Waals surface area contributed by atoms with Gasteiger partial charge >= 0.3 is 0 Å². The van der Waals surface area contributed by atoms with Crippen molar-refractivity contribution in [2.75, 3.05) is 14.1 Å². The number of benzene rings is 1. The van der Waals surface area contributed by atoms with Gasteiger partial charge in [0.25, 0.3) is 0 Å². The van der Waals surface area contributed by atoms with E-state index in [2.05, 4.69) is 5.32 Å². The zero-order valence-corrected chi connectivity index (χ0v) is 8.08. The Balaban J connectivity index is 0.000000424. The molecule has 0 saturated heterocycles. The lowest BCUT2D eigenvalue weighted by molar-refractivity contribution is -0.117. The second kappa shape index (κ2) is 7.31. The summed E-state index contributed by atoms with van der Waals surface area (Å²) in [5, 5.41) is 2.75. The van der Waals surface area contributed by atoms with Crippen molar-refractivity contribution in [2.45, 2.75) is 6.42 Å². The van der Waals surface area contributed by atoms with E-state index in [9.17, 15) is 4.79 Å². The van der Waals surface area contributed by atoms with E-state index >= 15 is 0 Å². The van der Waals surface area contributed by atoms with Crippen LogP contribution in [0.1, 0.15) is 5.56 Å². The molecule has 0 aliphatic heterocycles. The SMILES string of the molecule is CNC.NC(=O)Cc1ccccc1. The predicted octanol–water partition coefficient (Wildman–Crippen LogP) is 0.550. The van der Waals surface area contributed by atoms with Gasteiger partial charge in [-0.1, -0.05) is 30.3 Å². The van der Waals surface area contributed by atoms with Crippen molar-refractivity contribution in [1.29, 1.82) is 0 Å². The molecule has 0 radical (unpaired) electrons. The molecule has 0 bridgehead atoms. The minimum absolute atomic E-state index is 0.286. The Bertz CT molecular complexity index is 234. The van der Waals surface area contributed by atoms with E-state index in [-0.39, 0.29) is 5.91 Å². The van der Waals surface area contributed by atoms with Gasteiger partial charge in [-0.25, -0.2) is 0 Å².